The molecule has 0 aromatic carbocycles. The number of likely N-dealkylation sites (tertiary alicyclic amines) is 1. The maximum atomic E-state index is 13.6. The van der Waals surface area contributed by atoms with E-state index in [1.807, 2.05) is 34.6 Å². The van der Waals surface area contributed by atoms with Crippen LogP contribution in [0.15, 0.2) is 18.5 Å². The number of nitrogens with zero attached hydrogens (tertiary/aromatic N) is 5. The highest BCUT2D eigenvalue weighted by Gasteiger charge is 2.27. The molecule has 4 rings (SSSR count). The summed E-state index contributed by atoms with van der Waals surface area (Å²) in [7, 11) is 0. The van der Waals surface area contributed by atoms with E-state index in [-0.39, 0.29) is 29.7 Å². The third-order valence-electron chi connectivity index (χ3n) is 6.25. The zero-order valence-electron chi connectivity index (χ0n) is 22.4. The number of nitrogens with one attached hydrogen (secondary N) is 2. The van der Waals surface area contributed by atoms with Gasteiger partial charge in [-0.25, -0.2) is 19.2 Å². The Kier molecular flexibility index (Phi) is 8.39. The van der Waals surface area contributed by atoms with Crippen LogP contribution in [-0.2, 0) is 4.74 Å². The van der Waals surface area contributed by atoms with E-state index < -0.39 is 11.4 Å². The van der Waals surface area contributed by atoms with Crippen LogP contribution < -0.4 is 10.6 Å². The van der Waals surface area contributed by atoms with Gasteiger partial charge in [-0.2, -0.15) is 4.98 Å². The van der Waals surface area contributed by atoms with Crippen LogP contribution in [0.2, 0.25) is 0 Å². The van der Waals surface area contributed by atoms with Crippen molar-refractivity contribution in [3.63, 3.8) is 0 Å². The van der Waals surface area contributed by atoms with Gasteiger partial charge in [0.1, 0.15) is 16.1 Å². The molecule has 2 N–H and O–H groups in total. The lowest BCUT2D eigenvalue weighted by Gasteiger charge is -2.33. The fourth-order valence-corrected chi connectivity index (χ4v) is 5.14. The third kappa shape index (κ3) is 7.12. The lowest BCUT2D eigenvalue weighted by Crippen LogP contribution is -2.42. The number of rotatable bonds is 7. The van der Waals surface area contributed by atoms with Gasteiger partial charge in [0.05, 0.1) is 17.2 Å². The van der Waals surface area contributed by atoms with Crippen LogP contribution >= 0.6 is 11.3 Å². The number of anilines is 1. The molecule has 0 bridgehead atoms. The first-order valence-corrected chi connectivity index (χ1v) is 13.6. The number of thiazole rings is 1. The molecule has 1 fully saturated rings. The molecule has 12 heteroatoms. The summed E-state index contributed by atoms with van der Waals surface area (Å²) in [6, 6.07) is 1.06. The van der Waals surface area contributed by atoms with Gasteiger partial charge in [-0.05, 0) is 71.4 Å². The SMILES string of the molecule is Cc1nc2nc(NC(C)c3cncc(F)c3)nc(C(=O)NCCC3CCN(C(=O)OC(C)(C)C)CC3)c2s1. The topological polar surface area (TPSA) is 122 Å². The molecule has 1 saturated heterocycles. The Morgan fingerprint density at radius 1 is 1.21 bits per heavy atom. The van der Waals surface area contributed by atoms with E-state index in [0.717, 1.165) is 30.5 Å². The summed E-state index contributed by atoms with van der Waals surface area (Å²) in [5.41, 5.74) is 0.819. The van der Waals surface area contributed by atoms with Gasteiger partial charge in [-0.1, -0.05) is 0 Å². The number of pyridine rings is 1. The molecule has 1 unspecified atom stereocenters. The van der Waals surface area contributed by atoms with Gasteiger partial charge < -0.3 is 20.3 Å². The molecule has 4 heterocycles. The maximum absolute atomic E-state index is 13.6. The molecule has 38 heavy (non-hydrogen) atoms. The zero-order chi connectivity index (χ0) is 27.4. The number of carbonyl (C=O) groups excluding carboxylic acids is 2. The van der Waals surface area contributed by atoms with Gasteiger partial charge in [-0.3, -0.25) is 9.78 Å². The zero-order valence-corrected chi connectivity index (χ0v) is 23.2. The lowest BCUT2D eigenvalue weighted by molar-refractivity contribution is 0.0181. The van der Waals surface area contributed by atoms with E-state index in [4.69, 9.17) is 4.74 Å². The minimum atomic E-state index is -0.509. The Hall–Kier alpha value is -3.41. The Morgan fingerprint density at radius 2 is 1.95 bits per heavy atom. The Balaban J connectivity index is 1.36. The quantitative estimate of drug-likeness (QED) is 0.433. The molecule has 204 valence electrons. The summed E-state index contributed by atoms with van der Waals surface area (Å²) >= 11 is 1.37. The number of aromatic nitrogens is 4. The van der Waals surface area contributed by atoms with Crippen molar-refractivity contribution < 1.29 is 18.7 Å². The van der Waals surface area contributed by atoms with Gasteiger partial charge in [0.2, 0.25) is 5.95 Å². The number of carbonyl (C=O) groups is 2. The number of aryl methyl sites for hydroxylation is 1. The van der Waals surface area contributed by atoms with E-state index in [1.165, 1.54) is 17.4 Å². The fourth-order valence-electron chi connectivity index (χ4n) is 4.29. The summed E-state index contributed by atoms with van der Waals surface area (Å²) in [5.74, 6) is -0.0872. The number of fused-ring (bicyclic) bond motifs is 1. The number of hydrogen-bond acceptors (Lipinski definition) is 9. The van der Waals surface area contributed by atoms with Crippen molar-refractivity contribution in [2.45, 2.75) is 65.5 Å². The van der Waals surface area contributed by atoms with Crippen molar-refractivity contribution in [1.29, 1.82) is 0 Å². The van der Waals surface area contributed by atoms with Crippen LogP contribution in [0.25, 0.3) is 10.3 Å². The largest absolute Gasteiger partial charge is 0.444 e. The Labute approximate surface area is 225 Å². The molecule has 0 saturated carbocycles. The maximum Gasteiger partial charge on any atom is 0.410 e. The molecular weight excluding hydrogens is 509 g/mol. The second kappa shape index (κ2) is 11.5. The normalized spacial score (nSPS) is 15.4. The Morgan fingerprint density at radius 3 is 2.63 bits per heavy atom. The van der Waals surface area contributed by atoms with Crippen LogP contribution in [0, 0.1) is 18.7 Å². The van der Waals surface area contributed by atoms with E-state index in [0.29, 0.717) is 41.5 Å². The molecule has 1 atom stereocenters. The first kappa shape index (κ1) is 27.6. The van der Waals surface area contributed by atoms with Crippen LogP contribution in [0.5, 0.6) is 0 Å². The van der Waals surface area contributed by atoms with Gasteiger partial charge in [0, 0.05) is 25.8 Å². The molecule has 0 spiro atoms. The van der Waals surface area contributed by atoms with Crippen LogP contribution in [-0.4, -0.2) is 62.1 Å². The Bertz CT molecular complexity index is 1300. The van der Waals surface area contributed by atoms with Crippen molar-refractivity contribution in [3.8, 4) is 0 Å². The van der Waals surface area contributed by atoms with Crippen molar-refractivity contribution in [2.75, 3.05) is 25.0 Å². The smallest absolute Gasteiger partial charge is 0.410 e. The molecule has 0 aliphatic carbocycles. The second-order valence-electron chi connectivity index (χ2n) is 10.5. The molecule has 0 radical (unpaired) electrons. The van der Waals surface area contributed by atoms with E-state index in [1.54, 1.807) is 11.1 Å². The number of hydrogen-bond donors (Lipinski definition) is 2. The summed E-state index contributed by atoms with van der Waals surface area (Å²) in [6.45, 7) is 11.1. The third-order valence-corrected chi connectivity index (χ3v) is 7.22. The lowest BCUT2D eigenvalue weighted by atomic mass is 9.94. The van der Waals surface area contributed by atoms with Crippen LogP contribution in [0.3, 0.4) is 0 Å². The molecule has 3 aromatic rings. The van der Waals surface area contributed by atoms with E-state index in [9.17, 15) is 14.0 Å². The summed E-state index contributed by atoms with van der Waals surface area (Å²) in [5, 5.41) is 6.90. The average molecular weight is 544 g/mol. The van der Waals surface area contributed by atoms with Crippen molar-refractivity contribution in [3.05, 3.63) is 40.5 Å². The highest BCUT2D eigenvalue weighted by Crippen LogP contribution is 2.26. The minimum Gasteiger partial charge on any atom is -0.444 e. The average Bonchev–Trinajstić information content (AvgIpc) is 3.22. The molecular formula is C26H34FN7O3S. The highest BCUT2D eigenvalue weighted by molar-refractivity contribution is 7.18. The molecule has 3 aromatic heterocycles. The van der Waals surface area contributed by atoms with E-state index >= 15 is 0 Å². The highest BCUT2D eigenvalue weighted by atomic mass is 32.1. The van der Waals surface area contributed by atoms with Crippen LogP contribution in [0.4, 0.5) is 15.1 Å². The van der Waals surface area contributed by atoms with Gasteiger partial charge in [-0.15, -0.1) is 11.3 Å². The van der Waals surface area contributed by atoms with Gasteiger partial charge >= 0.3 is 6.09 Å². The number of amides is 2. The minimum absolute atomic E-state index is 0.235. The number of halogens is 1. The summed E-state index contributed by atoms with van der Waals surface area (Å²) in [6.07, 6.45) is 4.97. The molecule has 2 amide bonds. The van der Waals surface area contributed by atoms with Crippen molar-refractivity contribution >= 4 is 39.6 Å². The number of piperidine rings is 1. The van der Waals surface area contributed by atoms with Crippen molar-refractivity contribution in [1.82, 2.24) is 30.2 Å². The van der Waals surface area contributed by atoms with Crippen LogP contribution in [0.1, 0.15) is 74.1 Å². The van der Waals surface area contributed by atoms with Gasteiger partial charge in [0.25, 0.3) is 5.91 Å². The molecule has 10 nitrogen and oxygen atoms in total. The monoisotopic (exact) mass is 543 g/mol. The first-order valence-electron chi connectivity index (χ1n) is 12.8. The van der Waals surface area contributed by atoms with Crippen molar-refractivity contribution in [2.24, 2.45) is 5.92 Å². The molecule has 1 aliphatic rings. The predicted molar refractivity (Wildman–Crippen MR) is 144 cm³/mol. The fraction of sp³-hybridized carbons (Fsp3) is 0.538. The first-order chi connectivity index (χ1) is 18.0. The summed E-state index contributed by atoms with van der Waals surface area (Å²) < 4.78 is 19.7. The second-order valence-corrected chi connectivity index (χ2v) is 11.7. The van der Waals surface area contributed by atoms with Gasteiger partial charge in [0.15, 0.2) is 11.3 Å². The molecule has 1 aliphatic heterocycles. The summed E-state index contributed by atoms with van der Waals surface area (Å²) in [4.78, 5) is 44.5. The standard InChI is InChI=1S/C26H34FN7O3S/c1-15(18-12-19(27)14-28-13-18)30-24-32-20(21-22(33-24)31-16(2)38-21)23(35)29-9-6-17-7-10-34(11-8-17)25(36)37-26(3,4)5/h12-15,17H,6-11H2,1-5H3,(H,29,35)(H,30,32,33). The van der Waals surface area contributed by atoms with E-state index in [2.05, 4.69) is 30.6 Å². The number of ether oxygens (including phenoxy) is 1. The predicted octanol–water partition coefficient (Wildman–Crippen LogP) is 4.87.